The van der Waals surface area contributed by atoms with Gasteiger partial charge in [0.2, 0.25) is 11.8 Å². The van der Waals surface area contributed by atoms with E-state index in [1.807, 2.05) is 30.3 Å². The molecule has 31 heavy (non-hydrogen) atoms. The molecule has 4 N–H and O–H groups in total. The summed E-state index contributed by atoms with van der Waals surface area (Å²) in [6, 6.07) is 8.66. The lowest BCUT2D eigenvalue weighted by Gasteiger charge is -2.41. The molecular weight excluding hydrogens is 400 g/mol. The minimum atomic E-state index is -0.920. The van der Waals surface area contributed by atoms with Crippen molar-refractivity contribution in [3.8, 4) is 0 Å². The van der Waals surface area contributed by atoms with E-state index in [1.165, 1.54) is 13.8 Å². The zero-order valence-corrected chi connectivity index (χ0v) is 18.2. The number of nitrogens with two attached hydrogens (primary N) is 1. The van der Waals surface area contributed by atoms with E-state index in [4.69, 9.17) is 10.6 Å². The predicted octanol–water partition coefficient (Wildman–Crippen LogP) is 0.775. The number of benzene rings is 1. The summed E-state index contributed by atoms with van der Waals surface area (Å²) >= 11 is 0. The van der Waals surface area contributed by atoms with Crippen LogP contribution in [0, 0.1) is 0 Å². The monoisotopic (exact) mass is 432 g/mol. The van der Waals surface area contributed by atoms with Crippen LogP contribution >= 0.6 is 0 Å². The third-order valence-corrected chi connectivity index (χ3v) is 5.60. The minimum absolute atomic E-state index is 0.158. The molecule has 1 saturated heterocycles. The van der Waals surface area contributed by atoms with Crippen LogP contribution in [0.1, 0.15) is 51.5 Å². The highest BCUT2D eigenvalue weighted by Crippen LogP contribution is 2.36. The third kappa shape index (κ3) is 6.52. The number of likely N-dealkylation sites (tertiary alicyclic amines) is 1. The van der Waals surface area contributed by atoms with Gasteiger partial charge in [-0.25, -0.2) is 0 Å². The molecule has 1 fully saturated rings. The summed E-state index contributed by atoms with van der Waals surface area (Å²) in [6.45, 7) is 3.81. The molecule has 0 aliphatic carbocycles. The molecule has 0 saturated carbocycles. The highest BCUT2D eigenvalue weighted by molar-refractivity contribution is 5.90. The molecule has 3 amide bonds. The second-order valence-electron chi connectivity index (χ2n) is 7.84. The summed E-state index contributed by atoms with van der Waals surface area (Å²) in [6.07, 6.45) is 2.76. The van der Waals surface area contributed by atoms with Gasteiger partial charge in [-0.3, -0.25) is 19.2 Å². The molecule has 1 aliphatic rings. The van der Waals surface area contributed by atoms with Crippen molar-refractivity contribution in [1.82, 2.24) is 15.7 Å². The summed E-state index contributed by atoms with van der Waals surface area (Å²) in [5.74, 6) is -1.45. The summed E-state index contributed by atoms with van der Waals surface area (Å²) in [5.41, 5.74) is 7.68. The Hall–Kier alpha value is -2.94. The topological polar surface area (TPSA) is 131 Å². The lowest BCUT2D eigenvalue weighted by molar-refractivity contribution is -0.159. The third-order valence-electron chi connectivity index (χ3n) is 5.60. The van der Waals surface area contributed by atoms with E-state index in [9.17, 15) is 19.2 Å². The number of hydroxylamine groups is 1. The number of unbranched alkanes of at least 4 members (excludes halogenated alkanes) is 1. The first kappa shape index (κ1) is 24.3. The number of hydrogen-bond donors (Lipinski definition) is 3. The van der Waals surface area contributed by atoms with Crippen molar-refractivity contribution in [1.29, 1.82) is 0 Å². The molecule has 0 spiro atoms. The Bertz CT molecular complexity index is 775. The largest absolute Gasteiger partial charge is 0.345 e. The highest BCUT2D eigenvalue weighted by Gasteiger charge is 2.44. The van der Waals surface area contributed by atoms with Crippen LogP contribution < -0.4 is 16.5 Å². The molecule has 1 heterocycles. The molecule has 0 aromatic heterocycles. The van der Waals surface area contributed by atoms with Gasteiger partial charge in [0.15, 0.2) is 0 Å². The van der Waals surface area contributed by atoms with E-state index in [2.05, 4.69) is 10.8 Å². The number of nitrogens with one attached hydrogen (secondary N) is 2. The average molecular weight is 433 g/mol. The van der Waals surface area contributed by atoms with E-state index in [0.29, 0.717) is 38.9 Å². The van der Waals surface area contributed by atoms with Gasteiger partial charge >= 0.3 is 5.97 Å². The van der Waals surface area contributed by atoms with Crippen molar-refractivity contribution in [3.63, 3.8) is 0 Å². The molecule has 2 rings (SSSR count). The first-order valence-electron chi connectivity index (χ1n) is 10.6. The van der Waals surface area contributed by atoms with Gasteiger partial charge in [-0.1, -0.05) is 30.3 Å². The Morgan fingerprint density at radius 1 is 1.10 bits per heavy atom. The minimum Gasteiger partial charge on any atom is -0.345 e. The maximum absolute atomic E-state index is 13.1. The Morgan fingerprint density at radius 3 is 2.29 bits per heavy atom. The second-order valence-corrected chi connectivity index (χ2v) is 7.84. The van der Waals surface area contributed by atoms with Gasteiger partial charge in [-0.2, -0.15) is 5.48 Å². The normalized spacial score (nSPS) is 16.2. The maximum Gasteiger partial charge on any atom is 0.329 e. The van der Waals surface area contributed by atoms with E-state index in [0.717, 1.165) is 18.4 Å². The van der Waals surface area contributed by atoms with Crippen LogP contribution in [0.15, 0.2) is 30.3 Å². The summed E-state index contributed by atoms with van der Waals surface area (Å²) < 4.78 is 0. The Morgan fingerprint density at radius 2 is 1.74 bits per heavy atom. The van der Waals surface area contributed by atoms with Gasteiger partial charge in [0.25, 0.3) is 5.91 Å². The van der Waals surface area contributed by atoms with Gasteiger partial charge in [0.1, 0.15) is 6.04 Å². The zero-order valence-electron chi connectivity index (χ0n) is 18.2. The van der Waals surface area contributed by atoms with Crippen LogP contribution in [0.2, 0.25) is 0 Å². The SMILES string of the molecule is CC(=O)NC(CCCCN)C(=O)N1CCC(C(=O)NOC(C)=O)(c2ccccc2)CC1. The Kier molecular flexibility index (Phi) is 8.99. The molecule has 1 aromatic rings. The van der Waals surface area contributed by atoms with Gasteiger partial charge in [0, 0.05) is 26.9 Å². The number of amides is 3. The van der Waals surface area contributed by atoms with Crippen molar-refractivity contribution in [2.75, 3.05) is 19.6 Å². The van der Waals surface area contributed by atoms with Crippen molar-refractivity contribution < 1.29 is 24.0 Å². The van der Waals surface area contributed by atoms with Crippen LogP contribution in [-0.2, 0) is 29.4 Å². The van der Waals surface area contributed by atoms with Gasteiger partial charge in [-0.15, -0.1) is 0 Å². The van der Waals surface area contributed by atoms with Crippen molar-refractivity contribution in [3.05, 3.63) is 35.9 Å². The molecule has 1 aromatic carbocycles. The maximum atomic E-state index is 13.1. The summed E-state index contributed by atoms with van der Waals surface area (Å²) in [7, 11) is 0. The molecular formula is C22H32N4O5. The smallest absolute Gasteiger partial charge is 0.329 e. The van der Waals surface area contributed by atoms with E-state index >= 15 is 0 Å². The van der Waals surface area contributed by atoms with Crippen LogP contribution in [-0.4, -0.2) is 54.3 Å². The molecule has 1 atom stereocenters. The standard InChI is InChI=1S/C22H32N4O5/c1-16(27)24-19(10-6-7-13-23)20(29)26-14-11-22(12-15-26,18-8-4-3-5-9-18)21(30)25-31-17(2)28/h3-5,8-9,19H,6-7,10-15,23H2,1-2H3,(H,24,27)(H,25,30). The fourth-order valence-corrected chi connectivity index (χ4v) is 3.94. The fourth-order valence-electron chi connectivity index (χ4n) is 3.94. The van der Waals surface area contributed by atoms with Gasteiger partial charge < -0.3 is 20.8 Å². The Labute approximate surface area is 182 Å². The van der Waals surface area contributed by atoms with Crippen LogP contribution in [0.3, 0.4) is 0 Å². The molecule has 9 heteroatoms. The number of rotatable bonds is 8. The highest BCUT2D eigenvalue weighted by atomic mass is 16.7. The first-order chi connectivity index (χ1) is 14.8. The summed E-state index contributed by atoms with van der Waals surface area (Å²) in [4.78, 5) is 55.2. The molecule has 170 valence electrons. The van der Waals surface area contributed by atoms with Crippen molar-refractivity contribution in [2.45, 2.75) is 57.4 Å². The molecule has 0 radical (unpaired) electrons. The lowest BCUT2D eigenvalue weighted by Crippen LogP contribution is -2.56. The predicted molar refractivity (Wildman–Crippen MR) is 114 cm³/mol. The number of carbonyl (C=O) groups is 4. The quantitative estimate of drug-likeness (QED) is 0.411. The average Bonchev–Trinajstić information content (AvgIpc) is 2.76. The summed E-state index contributed by atoms with van der Waals surface area (Å²) in [5, 5.41) is 2.74. The van der Waals surface area contributed by atoms with Gasteiger partial charge in [0.05, 0.1) is 5.41 Å². The molecule has 9 nitrogen and oxygen atoms in total. The van der Waals surface area contributed by atoms with Crippen molar-refractivity contribution >= 4 is 23.7 Å². The van der Waals surface area contributed by atoms with E-state index < -0.39 is 23.3 Å². The number of carbonyl (C=O) groups excluding carboxylic acids is 4. The molecule has 1 aliphatic heterocycles. The second kappa shape index (κ2) is 11.5. The van der Waals surface area contributed by atoms with E-state index in [-0.39, 0.29) is 11.8 Å². The zero-order chi connectivity index (χ0) is 22.9. The van der Waals surface area contributed by atoms with Crippen LogP contribution in [0.5, 0.6) is 0 Å². The number of hydrogen-bond acceptors (Lipinski definition) is 6. The molecule has 0 bridgehead atoms. The number of nitrogens with zero attached hydrogens (tertiary/aromatic N) is 1. The van der Waals surface area contributed by atoms with Crippen LogP contribution in [0.25, 0.3) is 0 Å². The number of piperidine rings is 1. The van der Waals surface area contributed by atoms with Crippen LogP contribution in [0.4, 0.5) is 0 Å². The van der Waals surface area contributed by atoms with E-state index in [1.54, 1.807) is 4.90 Å². The van der Waals surface area contributed by atoms with Crippen molar-refractivity contribution in [2.24, 2.45) is 5.73 Å². The lowest BCUT2D eigenvalue weighted by atomic mass is 9.72. The molecule has 1 unspecified atom stereocenters. The fraction of sp³-hybridized carbons (Fsp3) is 0.545. The van der Waals surface area contributed by atoms with Gasteiger partial charge in [-0.05, 0) is 44.2 Å². The Balaban J connectivity index is 2.15. The first-order valence-corrected chi connectivity index (χ1v) is 10.6.